The lowest BCUT2D eigenvalue weighted by molar-refractivity contribution is 0.191. The number of aromatic nitrogens is 2. The summed E-state index contributed by atoms with van der Waals surface area (Å²) in [6.07, 6.45) is 0. The Kier molecular flexibility index (Phi) is 5.70. The Hall–Kier alpha value is -3.35. The fraction of sp³-hybridized carbons (Fsp3) is 0.348. The molecule has 2 aromatic carbocycles. The van der Waals surface area contributed by atoms with E-state index >= 15 is 0 Å². The van der Waals surface area contributed by atoms with Crippen LogP contribution in [0.4, 0.5) is 10.6 Å². The Morgan fingerprint density at radius 1 is 1.00 bits per heavy atom. The summed E-state index contributed by atoms with van der Waals surface area (Å²) < 4.78 is 1.80. The molecule has 2 amide bonds. The highest BCUT2D eigenvalue weighted by atomic mass is 16.2. The van der Waals surface area contributed by atoms with Crippen molar-refractivity contribution in [3.63, 3.8) is 0 Å². The topological polar surface area (TPSA) is 70.5 Å². The number of urea groups is 1. The number of benzene rings is 2. The van der Waals surface area contributed by atoms with E-state index in [0.717, 1.165) is 16.6 Å². The van der Waals surface area contributed by atoms with Gasteiger partial charge >= 0.3 is 6.03 Å². The molecule has 7 nitrogen and oxygen atoms in total. The Morgan fingerprint density at radius 2 is 1.67 bits per heavy atom. The summed E-state index contributed by atoms with van der Waals surface area (Å²) in [6.45, 7) is 6.67. The third kappa shape index (κ3) is 4.15. The standard InChI is InChI=1S/C23H27N5O2/c1-17(2)24-23(30)27-14-12-26(13-15-27)21-22(29)28(16-18-8-4-3-5-9-18)20-11-7-6-10-19(20)25-21/h3-11,17H,12-16H2,1-2H3,(H,24,30). The van der Waals surface area contributed by atoms with Crippen molar-refractivity contribution in [1.82, 2.24) is 19.8 Å². The Labute approximate surface area is 175 Å². The first-order valence-corrected chi connectivity index (χ1v) is 10.4. The van der Waals surface area contributed by atoms with Gasteiger partial charge in [-0.1, -0.05) is 42.5 Å². The average Bonchev–Trinajstić information content (AvgIpc) is 2.76. The van der Waals surface area contributed by atoms with Crippen molar-refractivity contribution in [2.75, 3.05) is 31.1 Å². The molecule has 1 saturated heterocycles. The monoisotopic (exact) mass is 405 g/mol. The Morgan fingerprint density at radius 3 is 2.37 bits per heavy atom. The third-order valence-electron chi connectivity index (χ3n) is 5.30. The largest absolute Gasteiger partial charge is 0.348 e. The summed E-state index contributed by atoms with van der Waals surface area (Å²) in [5, 5.41) is 2.93. The second-order valence-electron chi connectivity index (χ2n) is 7.88. The maximum atomic E-state index is 13.4. The van der Waals surface area contributed by atoms with Crippen LogP contribution in [0.1, 0.15) is 19.4 Å². The molecule has 1 fully saturated rings. The highest BCUT2D eigenvalue weighted by molar-refractivity contribution is 5.77. The average molecular weight is 406 g/mol. The zero-order valence-corrected chi connectivity index (χ0v) is 17.4. The van der Waals surface area contributed by atoms with E-state index < -0.39 is 0 Å². The lowest BCUT2D eigenvalue weighted by Gasteiger charge is -2.35. The van der Waals surface area contributed by atoms with E-state index in [4.69, 9.17) is 4.98 Å². The molecule has 7 heteroatoms. The zero-order valence-electron chi connectivity index (χ0n) is 17.4. The van der Waals surface area contributed by atoms with Crippen molar-refractivity contribution in [1.29, 1.82) is 0 Å². The van der Waals surface area contributed by atoms with E-state index in [1.54, 1.807) is 9.47 Å². The van der Waals surface area contributed by atoms with Crippen molar-refractivity contribution in [2.24, 2.45) is 0 Å². The van der Waals surface area contributed by atoms with Gasteiger partial charge in [-0.3, -0.25) is 9.36 Å². The molecule has 0 bridgehead atoms. The number of amides is 2. The molecular weight excluding hydrogens is 378 g/mol. The van der Waals surface area contributed by atoms with Crippen LogP contribution >= 0.6 is 0 Å². The molecule has 1 aliphatic heterocycles. The Bertz CT molecular complexity index is 1090. The second-order valence-corrected chi connectivity index (χ2v) is 7.88. The van der Waals surface area contributed by atoms with Gasteiger partial charge in [0, 0.05) is 32.2 Å². The van der Waals surface area contributed by atoms with E-state index in [-0.39, 0.29) is 17.6 Å². The minimum absolute atomic E-state index is 0.0578. The lowest BCUT2D eigenvalue weighted by atomic mass is 10.2. The van der Waals surface area contributed by atoms with Crippen LogP contribution in [0.5, 0.6) is 0 Å². The fourth-order valence-electron chi connectivity index (χ4n) is 3.77. The predicted molar refractivity (Wildman–Crippen MR) is 119 cm³/mol. The number of hydrogen-bond acceptors (Lipinski definition) is 4. The molecule has 1 N–H and O–H groups in total. The van der Waals surface area contributed by atoms with Crippen molar-refractivity contribution in [3.8, 4) is 0 Å². The summed E-state index contributed by atoms with van der Waals surface area (Å²) in [5.41, 5.74) is 2.59. The Balaban J connectivity index is 1.63. The molecule has 0 saturated carbocycles. The first kappa shape index (κ1) is 19.9. The molecule has 0 atom stereocenters. The van der Waals surface area contributed by atoms with Gasteiger partial charge in [-0.2, -0.15) is 0 Å². The number of piperazine rings is 1. The molecule has 4 rings (SSSR count). The number of nitrogens with zero attached hydrogens (tertiary/aromatic N) is 4. The van der Waals surface area contributed by atoms with E-state index in [1.165, 1.54) is 0 Å². The number of anilines is 1. The third-order valence-corrected chi connectivity index (χ3v) is 5.30. The van der Waals surface area contributed by atoms with Gasteiger partial charge < -0.3 is 15.1 Å². The summed E-state index contributed by atoms with van der Waals surface area (Å²) in [5.74, 6) is 0.452. The quantitative estimate of drug-likeness (QED) is 0.725. The van der Waals surface area contributed by atoms with Gasteiger partial charge in [-0.05, 0) is 31.5 Å². The van der Waals surface area contributed by atoms with Crippen LogP contribution in [-0.4, -0.2) is 52.7 Å². The van der Waals surface area contributed by atoms with Crippen LogP contribution in [0.3, 0.4) is 0 Å². The number of carbonyl (C=O) groups is 1. The van der Waals surface area contributed by atoms with E-state index in [1.807, 2.05) is 73.3 Å². The normalized spacial score (nSPS) is 14.4. The SMILES string of the molecule is CC(C)NC(=O)N1CCN(c2nc3ccccc3n(Cc3ccccc3)c2=O)CC1. The molecule has 3 aromatic rings. The number of rotatable bonds is 4. The maximum Gasteiger partial charge on any atom is 0.317 e. The van der Waals surface area contributed by atoms with E-state index in [0.29, 0.717) is 38.5 Å². The van der Waals surface area contributed by atoms with Crippen LogP contribution in [0.2, 0.25) is 0 Å². The second kappa shape index (κ2) is 8.57. The van der Waals surface area contributed by atoms with Crippen molar-refractivity contribution in [2.45, 2.75) is 26.4 Å². The molecular formula is C23H27N5O2. The number of para-hydroxylation sites is 2. The summed E-state index contributed by atoms with van der Waals surface area (Å²) in [7, 11) is 0. The summed E-state index contributed by atoms with van der Waals surface area (Å²) in [4.78, 5) is 34.2. The van der Waals surface area contributed by atoms with Crippen molar-refractivity contribution < 1.29 is 4.79 Å². The van der Waals surface area contributed by atoms with Crippen molar-refractivity contribution >= 4 is 22.9 Å². The minimum atomic E-state index is -0.0994. The first-order valence-electron chi connectivity index (χ1n) is 10.4. The number of hydrogen-bond donors (Lipinski definition) is 1. The maximum absolute atomic E-state index is 13.4. The van der Waals surface area contributed by atoms with Gasteiger partial charge in [-0.15, -0.1) is 0 Å². The number of nitrogens with one attached hydrogen (secondary N) is 1. The van der Waals surface area contributed by atoms with Crippen LogP contribution < -0.4 is 15.8 Å². The highest BCUT2D eigenvalue weighted by Crippen LogP contribution is 2.17. The van der Waals surface area contributed by atoms with Crippen LogP contribution in [-0.2, 0) is 6.54 Å². The smallest absolute Gasteiger partial charge is 0.317 e. The molecule has 1 aromatic heterocycles. The molecule has 2 heterocycles. The van der Waals surface area contributed by atoms with Gasteiger partial charge in [0.25, 0.3) is 5.56 Å². The summed E-state index contributed by atoms with van der Waals surface area (Å²) in [6, 6.07) is 17.7. The van der Waals surface area contributed by atoms with Gasteiger partial charge in [0.05, 0.1) is 17.6 Å². The van der Waals surface area contributed by atoms with Crippen LogP contribution in [0.15, 0.2) is 59.4 Å². The van der Waals surface area contributed by atoms with Crippen LogP contribution in [0.25, 0.3) is 11.0 Å². The molecule has 156 valence electrons. The number of carbonyl (C=O) groups excluding carboxylic acids is 1. The molecule has 0 spiro atoms. The predicted octanol–water partition coefficient (Wildman–Crippen LogP) is 2.68. The minimum Gasteiger partial charge on any atom is -0.348 e. The van der Waals surface area contributed by atoms with Gasteiger partial charge in [0.2, 0.25) is 0 Å². The summed E-state index contributed by atoms with van der Waals surface area (Å²) >= 11 is 0. The first-order chi connectivity index (χ1) is 14.5. The molecule has 0 unspecified atom stereocenters. The molecule has 1 aliphatic rings. The molecule has 0 aliphatic carbocycles. The zero-order chi connectivity index (χ0) is 21.1. The van der Waals surface area contributed by atoms with Crippen molar-refractivity contribution in [3.05, 3.63) is 70.5 Å². The number of fused-ring (bicyclic) bond motifs is 1. The van der Waals surface area contributed by atoms with E-state index in [9.17, 15) is 9.59 Å². The fourth-order valence-corrected chi connectivity index (χ4v) is 3.77. The van der Waals surface area contributed by atoms with Gasteiger partial charge in [0.1, 0.15) is 0 Å². The molecule has 30 heavy (non-hydrogen) atoms. The molecule has 0 radical (unpaired) electrons. The van der Waals surface area contributed by atoms with E-state index in [2.05, 4.69) is 5.32 Å². The van der Waals surface area contributed by atoms with Gasteiger partial charge in [-0.25, -0.2) is 9.78 Å². The highest BCUT2D eigenvalue weighted by Gasteiger charge is 2.25. The van der Waals surface area contributed by atoms with Crippen LogP contribution in [0, 0.1) is 0 Å². The lowest BCUT2D eigenvalue weighted by Crippen LogP contribution is -2.54. The van der Waals surface area contributed by atoms with Gasteiger partial charge in [0.15, 0.2) is 5.82 Å².